The highest BCUT2D eigenvalue weighted by Gasteiger charge is 2.20. The van der Waals surface area contributed by atoms with E-state index in [0.29, 0.717) is 34.3 Å². The zero-order valence-corrected chi connectivity index (χ0v) is 15.9. The van der Waals surface area contributed by atoms with Crippen molar-refractivity contribution in [2.45, 2.75) is 6.92 Å². The molecule has 0 amide bonds. The zero-order chi connectivity index (χ0) is 20.2. The topological polar surface area (TPSA) is 74.7 Å². The minimum Gasteiger partial charge on any atom is -0.494 e. The van der Waals surface area contributed by atoms with Crippen molar-refractivity contribution < 1.29 is 14.6 Å². The molecule has 4 rings (SSSR count). The molecule has 0 bridgehead atoms. The van der Waals surface area contributed by atoms with E-state index in [1.54, 1.807) is 25.1 Å². The fraction of sp³-hybridized carbons (Fsp3) is 0.0833. The van der Waals surface area contributed by atoms with Gasteiger partial charge in [0.25, 0.3) is 0 Å². The number of aromatic amines is 1. The Morgan fingerprint density at radius 3 is 2.34 bits per heavy atom. The number of fused-ring (bicyclic) bond motifs is 1. The SMILES string of the molecule is CCOC(=O)c1ccc2[nH]c(O)c(C(=Nc3ccccc3)c3ccccc3)c2c1. The number of ether oxygens (including phenoxy) is 1. The molecule has 0 radical (unpaired) electrons. The number of aliphatic imine (C=N–C) groups is 1. The fourth-order valence-corrected chi connectivity index (χ4v) is 3.25. The Morgan fingerprint density at radius 1 is 0.966 bits per heavy atom. The summed E-state index contributed by atoms with van der Waals surface area (Å²) >= 11 is 0. The quantitative estimate of drug-likeness (QED) is 0.366. The molecule has 0 aliphatic carbocycles. The molecule has 5 nitrogen and oxygen atoms in total. The molecule has 29 heavy (non-hydrogen) atoms. The molecule has 2 N–H and O–H groups in total. The van der Waals surface area contributed by atoms with E-state index in [2.05, 4.69) is 4.98 Å². The van der Waals surface area contributed by atoms with Crippen molar-refractivity contribution in [3.05, 3.63) is 95.6 Å². The number of nitrogens with zero attached hydrogens (tertiary/aromatic N) is 1. The summed E-state index contributed by atoms with van der Waals surface area (Å²) in [6.07, 6.45) is 0. The minimum atomic E-state index is -0.401. The number of carbonyl (C=O) groups excluding carboxylic acids is 1. The van der Waals surface area contributed by atoms with Crippen LogP contribution in [0.25, 0.3) is 10.9 Å². The van der Waals surface area contributed by atoms with Crippen LogP contribution in [-0.4, -0.2) is 28.4 Å². The largest absolute Gasteiger partial charge is 0.494 e. The Labute approximate surface area is 168 Å². The first-order valence-electron chi connectivity index (χ1n) is 9.38. The molecule has 0 unspecified atom stereocenters. The van der Waals surface area contributed by atoms with Crippen LogP contribution in [0.2, 0.25) is 0 Å². The molecule has 0 atom stereocenters. The molecule has 0 aliphatic heterocycles. The van der Waals surface area contributed by atoms with Gasteiger partial charge in [-0.05, 0) is 37.3 Å². The van der Waals surface area contributed by atoms with Gasteiger partial charge in [0, 0.05) is 16.5 Å². The second kappa shape index (κ2) is 8.02. The first kappa shape index (κ1) is 18.5. The maximum Gasteiger partial charge on any atom is 0.338 e. The average Bonchev–Trinajstić information content (AvgIpc) is 3.08. The maximum atomic E-state index is 12.2. The molecule has 0 saturated heterocycles. The number of carbonyl (C=O) groups is 1. The van der Waals surface area contributed by atoms with E-state index in [1.165, 1.54) is 0 Å². The number of esters is 1. The lowest BCUT2D eigenvalue weighted by Crippen LogP contribution is -2.05. The number of hydrogen-bond acceptors (Lipinski definition) is 4. The first-order valence-corrected chi connectivity index (χ1v) is 9.38. The molecular formula is C24H20N2O3. The average molecular weight is 384 g/mol. The van der Waals surface area contributed by atoms with Gasteiger partial charge in [0.05, 0.1) is 29.1 Å². The van der Waals surface area contributed by atoms with E-state index in [-0.39, 0.29) is 5.88 Å². The Kier molecular flexibility index (Phi) is 5.12. The van der Waals surface area contributed by atoms with Gasteiger partial charge in [0.2, 0.25) is 0 Å². The molecule has 1 heterocycles. The van der Waals surface area contributed by atoms with Gasteiger partial charge in [-0.1, -0.05) is 48.5 Å². The van der Waals surface area contributed by atoms with E-state index >= 15 is 0 Å². The first-order chi connectivity index (χ1) is 14.2. The second-order valence-electron chi connectivity index (χ2n) is 6.49. The Bertz CT molecular complexity index is 1180. The fourth-order valence-electron chi connectivity index (χ4n) is 3.25. The smallest absolute Gasteiger partial charge is 0.338 e. The van der Waals surface area contributed by atoms with Crippen LogP contribution in [0.4, 0.5) is 5.69 Å². The number of nitrogens with one attached hydrogen (secondary N) is 1. The van der Waals surface area contributed by atoms with Crippen LogP contribution in [0.3, 0.4) is 0 Å². The molecule has 0 aliphatic rings. The third kappa shape index (κ3) is 3.75. The number of H-pyrrole nitrogens is 1. The second-order valence-corrected chi connectivity index (χ2v) is 6.49. The van der Waals surface area contributed by atoms with E-state index in [9.17, 15) is 9.90 Å². The summed E-state index contributed by atoms with van der Waals surface area (Å²) in [5.41, 5.74) is 3.91. The molecule has 0 spiro atoms. The number of para-hydroxylation sites is 1. The molecular weight excluding hydrogens is 364 g/mol. The maximum absolute atomic E-state index is 12.2. The highest BCUT2D eigenvalue weighted by molar-refractivity contribution is 6.22. The van der Waals surface area contributed by atoms with Gasteiger partial charge in [0.1, 0.15) is 0 Å². The van der Waals surface area contributed by atoms with Gasteiger partial charge in [-0.3, -0.25) is 0 Å². The Balaban J connectivity index is 1.95. The standard InChI is InChI=1S/C24H20N2O3/c1-2-29-24(28)17-13-14-20-19(15-17)21(23(27)26-20)22(16-9-5-3-6-10-16)25-18-11-7-4-8-12-18/h3-15,26-27H,2H2,1H3. The van der Waals surface area contributed by atoms with Gasteiger partial charge in [-0.15, -0.1) is 0 Å². The third-order valence-corrected chi connectivity index (χ3v) is 4.57. The van der Waals surface area contributed by atoms with Gasteiger partial charge < -0.3 is 14.8 Å². The van der Waals surface area contributed by atoms with E-state index in [0.717, 1.165) is 11.3 Å². The van der Waals surface area contributed by atoms with Gasteiger partial charge in [-0.2, -0.15) is 0 Å². The molecule has 0 saturated carbocycles. The van der Waals surface area contributed by atoms with Crippen molar-refractivity contribution in [1.82, 2.24) is 4.98 Å². The van der Waals surface area contributed by atoms with Crippen LogP contribution in [0, 0.1) is 0 Å². The summed E-state index contributed by atoms with van der Waals surface area (Å²) in [6, 6.07) is 24.4. The summed E-state index contributed by atoms with van der Waals surface area (Å²) in [5, 5.41) is 11.4. The normalized spacial score (nSPS) is 11.6. The number of hydrogen-bond donors (Lipinski definition) is 2. The Hall–Kier alpha value is -3.86. The molecule has 0 fully saturated rings. The van der Waals surface area contributed by atoms with Crippen LogP contribution in [-0.2, 0) is 4.74 Å². The van der Waals surface area contributed by atoms with Crippen molar-refractivity contribution in [2.75, 3.05) is 6.61 Å². The predicted molar refractivity (Wildman–Crippen MR) is 114 cm³/mol. The lowest BCUT2D eigenvalue weighted by atomic mass is 9.99. The van der Waals surface area contributed by atoms with Crippen LogP contribution in [0.1, 0.15) is 28.4 Å². The summed E-state index contributed by atoms with van der Waals surface area (Å²) in [6.45, 7) is 2.07. The van der Waals surface area contributed by atoms with E-state index < -0.39 is 5.97 Å². The summed E-state index contributed by atoms with van der Waals surface area (Å²) in [5.74, 6) is -0.401. The van der Waals surface area contributed by atoms with Gasteiger partial charge in [0.15, 0.2) is 5.88 Å². The van der Waals surface area contributed by atoms with Crippen LogP contribution >= 0.6 is 0 Å². The van der Waals surface area contributed by atoms with Crippen molar-refractivity contribution >= 4 is 28.3 Å². The lowest BCUT2D eigenvalue weighted by molar-refractivity contribution is 0.0526. The molecule has 1 aromatic heterocycles. The third-order valence-electron chi connectivity index (χ3n) is 4.57. The van der Waals surface area contributed by atoms with Crippen molar-refractivity contribution in [3.63, 3.8) is 0 Å². The summed E-state index contributed by atoms with van der Waals surface area (Å²) in [7, 11) is 0. The van der Waals surface area contributed by atoms with Crippen molar-refractivity contribution in [1.29, 1.82) is 0 Å². The number of benzene rings is 3. The Morgan fingerprint density at radius 2 is 1.66 bits per heavy atom. The lowest BCUT2D eigenvalue weighted by Gasteiger charge is -2.08. The van der Waals surface area contributed by atoms with Crippen molar-refractivity contribution in [3.8, 4) is 5.88 Å². The van der Waals surface area contributed by atoms with Crippen LogP contribution in [0.15, 0.2) is 83.9 Å². The molecule has 144 valence electrons. The minimum absolute atomic E-state index is 0.000423. The monoisotopic (exact) mass is 384 g/mol. The molecule has 3 aromatic carbocycles. The summed E-state index contributed by atoms with van der Waals surface area (Å²) in [4.78, 5) is 20.0. The van der Waals surface area contributed by atoms with E-state index in [1.807, 2.05) is 60.7 Å². The number of aromatic nitrogens is 1. The molecule has 5 heteroatoms. The highest BCUT2D eigenvalue weighted by Crippen LogP contribution is 2.32. The van der Waals surface area contributed by atoms with Crippen LogP contribution in [0.5, 0.6) is 5.88 Å². The van der Waals surface area contributed by atoms with Gasteiger partial charge in [-0.25, -0.2) is 9.79 Å². The predicted octanol–water partition coefficient (Wildman–Crippen LogP) is 5.22. The van der Waals surface area contributed by atoms with Crippen molar-refractivity contribution in [2.24, 2.45) is 4.99 Å². The molecule has 4 aromatic rings. The zero-order valence-electron chi connectivity index (χ0n) is 15.9. The van der Waals surface area contributed by atoms with E-state index in [4.69, 9.17) is 9.73 Å². The van der Waals surface area contributed by atoms with Gasteiger partial charge >= 0.3 is 5.97 Å². The van der Waals surface area contributed by atoms with Crippen LogP contribution < -0.4 is 0 Å². The number of rotatable bonds is 5. The number of aromatic hydroxyl groups is 1. The highest BCUT2D eigenvalue weighted by atomic mass is 16.5. The summed E-state index contributed by atoms with van der Waals surface area (Å²) < 4.78 is 5.12.